The van der Waals surface area contributed by atoms with Crippen LogP contribution in [0.5, 0.6) is 0 Å². The summed E-state index contributed by atoms with van der Waals surface area (Å²) in [4.78, 5) is 15.8. The molecule has 1 aliphatic carbocycles. The van der Waals surface area contributed by atoms with E-state index in [4.69, 9.17) is 15.0 Å². The van der Waals surface area contributed by atoms with E-state index < -0.39 is 0 Å². The number of para-hydroxylation sites is 3. The van der Waals surface area contributed by atoms with Crippen LogP contribution in [-0.2, 0) is 5.41 Å². The topological polar surface area (TPSA) is 48.5 Å². The minimum Gasteiger partial charge on any atom is -0.309 e. The number of rotatable bonds is 5. The SMILES string of the molecule is CC1(C)c2ccccc2-c2ccc3c4ccccc4n(-c4cccc(-c5nc(-c6ccc(-c7ccccc7)cc6)nc(-n6c7ccccc7c7ccccc76)n5)c4)c3c21. The lowest BCUT2D eigenvalue weighted by molar-refractivity contribution is 0.664. The van der Waals surface area contributed by atoms with Crippen LogP contribution in [0.25, 0.3) is 100 Å². The van der Waals surface area contributed by atoms with Crippen molar-refractivity contribution in [2.24, 2.45) is 0 Å². The van der Waals surface area contributed by atoms with Gasteiger partial charge in [-0.1, -0.05) is 172 Å². The van der Waals surface area contributed by atoms with Gasteiger partial charge in [0.05, 0.1) is 22.1 Å². The van der Waals surface area contributed by atoms with E-state index in [1.807, 2.05) is 6.07 Å². The number of aromatic nitrogens is 5. The number of hydrogen-bond donors (Lipinski definition) is 0. The molecule has 0 radical (unpaired) electrons. The van der Waals surface area contributed by atoms with E-state index in [1.165, 1.54) is 49.6 Å². The van der Waals surface area contributed by atoms with E-state index in [9.17, 15) is 0 Å². The minimum atomic E-state index is -0.189. The molecule has 278 valence electrons. The van der Waals surface area contributed by atoms with Crippen LogP contribution >= 0.6 is 0 Å². The molecule has 0 atom stereocenters. The van der Waals surface area contributed by atoms with Gasteiger partial charge in [-0.3, -0.25) is 4.57 Å². The van der Waals surface area contributed by atoms with Gasteiger partial charge >= 0.3 is 0 Å². The summed E-state index contributed by atoms with van der Waals surface area (Å²) in [7, 11) is 0. The van der Waals surface area contributed by atoms with Crippen LogP contribution in [0.2, 0.25) is 0 Å². The number of nitrogens with zero attached hydrogens (tertiary/aromatic N) is 5. The van der Waals surface area contributed by atoms with Crippen molar-refractivity contribution in [3.8, 4) is 56.7 Å². The Bertz CT molecular complexity index is 3410. The molecule has 5 heteroatoms. The Morgan fingerprint density at radius 2 is 0.932 bits per heavy atom. The van der Waals surface area contributed by atoms with Crippen LogP contribution in [0.3, 0.4) is 0 Å². The maximum atomic E-state index is 5.32. The zero-order valence-corrected chi connectivity index (χ0v) is 32.6. The molecule has 59 heavy (non-hydrogen) atoms. The maximum absolute atomic E-state index is 5.32. The fraction of sp³-hybridized carbons (Fsp3) is 0.0556. The van der Waals surface area contributed by atoms with Gasteiger partial charge in [0.2, 0.25) is 5.95 Å². The molecule has 3 heterocycles. The fourth-order valence-electron chi connectivity index (χ4n) is 9.67. The Balaban J connectivity index is 1.09. The highest BCUT2D eigenvalue weighted by atomic mass is 15.2. The lowest BCUT2D eigenvalue weighted by Gasteiger charge is -2.23. The van der Waals surface area contributed by atoms with Crippen molar-refractivity contribution in [1.82, 2.24) is 24.1 Å². The first-order chi connectivity index (χ1) is 29.0. The van der Waals surface area contributed by atoms with Gasteiger partial charge in [0, 0.05) is 43.8 Å². The smallest absolute Gasteiger partial charge is 0.238 e. The Hall–Kier alpha value is -7.63. The molecule has 0 saturated heterocycles. The molecule has 3 aromatic heterocycles. The summed E-state index contributed by atoms with van der Waals surface area (Å²) < 4.78 is 4.64. The van der Waals surface area contributed by atoms with Crippen molar-refractivity contribution >= 4 is 43.6 Å². The van der Waals surface area contributed by atoms with Crippen LogP contribution in [0, 0.1) is 0 Å². The van der Waals surface area contributed by atoms with Gasteiger partial charge in [-0.2, -0.15) is 9.97 Å². The Labute approximate surface area is 341 Å². The van der Waals surface area contributed by atoms with E-state index in [2.05, 4.69) is 205 Å². The molecule has 0 unspecified atom stereocenters. The summed E-state index contributed by atoms with van der Waals surface area (Å²) in [6.07, 6.45) is 0. The molecule has 0 bridgehead atoms. The van der Waals surface area contributed by atoms with Crippen LogP contribution in [-0.4, -0.2) is 24.1 Å². The minimum absolute atomic E-state index is 0.189. The number of fused-ring (bicyclic) bond motifs is 10. The standard InChI is InChI=1S/C54H37N5/c1-54(2)45-23-10-6-19-39(45)43-31-32-44-42-22-9-11-24-46(42)58(50(44)49(43)54)38-18-14-17-37(33-38)52-55-51(36-29-27-35(28-30-36)34-15-4-3-5-16-34)56-53(57-52)59-47-25-12-7-20-40(47)41-21-8-13-26-48(41)59/h3-33H,1-2H3. The second-order valence-corrected chi connectivity index (χ2v) is 16.1. The van der Waals surface area contributed by atoms with Crippen LogP contribution in [0.1, 0.15) is 25.0 Å². The molecule has 5 nitrogen and oxygen atoms in total. The van der Waals surface area contributed by atoms with E-state index in [0.29, 0.717) is 17.6 Å². The lowest BCUT2D eigenvalue weighted by atomic mass is 9.81. The third-order valence-electron chi connectivity index (χ3n) is 12.4. The van der Waals surface area contributed by atoms with Crippen LogP contribution in [0.15, 0.2) is 188 Å². The summed E-state index contributed by atoms with van der Waals surface area (Å²) in [5.41, 5.74) is 14.8. The molecule has 1 aliphatic rings. The van der Waals surface area contributed by atoms with Crippen molar-refractivity contribution in [3.05, 3.63) is 199 Å². The fourth-order valence-corrected chi connectivity index (χ4v) is 9.67. The first kappa shape index (κ1) is 33.5. The predicted molar refractivity (Wildman–Crippen MR) is 242 cm³/mol. The highest BCUT2D eigenvalue weighted by Crippen LogP contribution is 2.53. The van der Waals surface area contributed by atoms with Crippen molar-refractivity contribution in [1.29, 1.82) is 0 Å². The molecule has 12 rings (SSSR count). The van der Waals surface area contributed by atoms with Gasteiger partial charge in [-0.25, -0.2) is 4.98 Å². The summed E-state index contributed by atoms with van der Waals surface area (Å²) >= 11 is 0. The monoisotopic (exact) mass is 755 g/mol. The van der Waals surface area contributed by atoms with E-state index >= 15 is 0 Å². The molecule has 0 saturated carbocycles. The third kappa shape index (κ3) is 5.01. The highest BCUT2D eigenvalue weighted by Gasteiger charge is 2.38. The normalized spacial score (nSPS) is 13.1. The first-order valence-electron chi connectivity index (χ1n) is 20.2. The Kier molecular flexibility index (Phi) is 7.20. The molecule has 0 aliphatic heterocycles. The van der Waals surface area contributed by atoms with Gasteiger partial charge < -0.3 is 4.57 Å². The van der Waals surface area contributed by atoms with Gasteiger partial charge in [0.1, 0.15) is 0 Å². The number of hydrogen-bond acceptors (Lipinski definition) is 3. The first-order valence-corrected chi connectivity index (χ1v) is 20.2. The Morgan fingerprint density at radius 1 is 0.390 bits per heavy atom. The third-order valence-corrected chi connectivity index (χ3v) is 12.4. The molecule has 0 spiro atoms. The molecule has 0 fully saturated rings. The van der Waals surface area contributed by atoms with Crippen LogP contribution in [0.4, 0.5) is 0 Å². The van der Waals surface area contributed by atoms with Gasteiger partial charge in [0.15, 0.2) is 11.6 Å². The summed E-state index contributed by atoms with van der Waals surface area (Å²) in [6, 6.07) is 66.9. The highest BCUT2D eigenvalue weighted by molar-refractivity contribution is 6.13. The van der Waals surface area contributed by atoms with Crippen molar-refractivity contribution < 1.29 is 0 Å². The second-order valence-electron chi connectivity index (χ2n) is 16.1. The number of benzene rings is 8. The van der Waals surface area contributed by atoms with Crippen LogP contribution < -0.4 is 0 Å². The lowest BCUT2D eigenvalue weighted by Crippen LogP contribution is -2.16. The van der Waals surface area contributed by atoms with E-state index in [-0.39, 0.29) is 5.41 Å². The van der Waals surface area contributed by atoms with Crippen molar-refractivity contribution in [3.63, 3.8) is 0 Å². The van der Waals surface area contributed by atoms with Gasteiger partial charge in [-0.15, -0.1) is 0 Å². The zero-order chi connectivity index (χ0) is 39.2. The van der Waals surface area contributed by atoms with E-state index in [0.717, 1.165) is 44.2 Å². The average molecular weight is 756 g/mol. The largest absolute Gasteiger partial charge is 0.309 e. The maximum Gasteiger partial charge on any atom is 0.238 e. The molecule has 0 N–H and O–H groups in total. The predicted octanol–water partition coefficient (Wildman–Crippen LogP) is 13.4. The van der Waals surface area contributed by atoms with Gasteiger partial charge in [-0.05, 0) is 63.7 Å². The molecular formula is C54H37N5. The quantitative estimate of drug-likeness (QED) is 0.176. The molecule has 11 aromatic rings. The summed E-state index contributed by atoms with van der Waals surface area (Å²) in [6.45, 7) is 4.73. The zero-order valence-electron chi connectivity index (χ0n) is 32.6. The summed E-state index contributed by atoms with van der Waals surface area (Å²) in [5, 5.41) is 4.80. The second kappa shape index (κ2) is 12.7. The molecule has 8 aromatic carbocycles. The Morgan fingerprint density at radius 3 is 1.64 bits per heavy atom. The van der Waals surface area contributed by atoms with E-state index in [1.54, 1.807) is 0 Å². The van der Waals surface area contributed by atoms with Gasteiger partial charge in [0.25, 0.3) is 0 Å². The summed E-state index contributed by atoms with van der Waals surface area (Å²) in [5.74, 6) is 1.81. The molecular weight excluding hydrogens is 719 g/mol. The van der Waals surface area contributed by atoms with Crippen molar-refractivity contribution in [2.75, 3.05) is 0 Å². The van der Waals surface area contributed by atoms with Crippen molar-refractivity contribution in [2.45, 2.75) is 19.3 Å². The molecule has 0 amide bonds. The average Bonchev–Trinajstić information content (AvgIpc) is 3.90.